The molecule has 2 amide bonds. The SMILES string of the molecule is CCCCC1CN(CC2CCOCC2)C(=O)OC12CCN(C1CCN(C(=O)c3c(C)ncnc3C)CC1)CC2.CS(=O)(=O)O. The molecule has 0 saturated carbocycles. The minimum absolute atomic E-state index is 0.0554. The number of ether oxygens (including phenoxy) is 2. The zero-order valence-corrected chi connectivity index (χ0v) is 27.7. The van der Waals surface area contributed by atoms with Crippen molar-refractivity contribution in [3.8, 4) is 0 Å². The Morgan fingerprint density at radius 2 is 1.64 bits per heavy atom. The number of hydrogen-bond acceptors (Lipinski definition) is 9. The Morgan fingerprint density at radius 3 is 2.20 bits per heavy atom. The molecule has 1 aromatic rings. The molecular formula is C31H51N5O7S. The minimum Gasteiger partial charge on any atom is -0.442 e. The van der Waals surface area contributed by atoms with Crippen molar-refractivity contribution in [2.24, 2.45) is 11.8 Å². The molecule has 12 nitrogen and oxygen atoms in total. The molecule has 0 bridgehead atoms. The van der Waals surface area contributed by atoms with Gasteiger partial charge in [-0.1, -0.05) is 19.8 Å². The number of nitrogens with zero attached hydrogens (tertiary/aromatic N) is 5. The second kappa shape index (κ2) is 15.3. The highest BCUT2D eigenvalue weighted by Crippen LogP contribution is 2.42. The second-order valence-corrected chi connectivity index (χ2v) is 14.4. The average Bonchev–Trinajstić information content (AvgIpc) is 2.98. The normalized spacial score (nSPS) is 23.7. The number of aromatic nitrogens is 2. The fraction of sp³-hybridized carbons (Fsp3) is 0.806. The van der Waals surface area contributed by atoms with E-state index >= 15 is 0 Å². The number of carbonyl (C=O) groups is 2. The van der Waals surface area contributed by atoms with E-state index in [1.807, 2.05) is 23.6 Å². The Hall–Kier alpha value is -2.35. The molecule has 5 rings (SSSR count). The van der Waals surface area contributed by atoms with Crippen LogP contribution in [0.25, 0.3) is 0 Å². The molecule has 1 N–H and O–H groups in total. The van der Waals surface area contributed by atoms with Gasteiger partial charge in [-0.25, -0.2) is 14.8 Å². The third-order valence-corrected chi connectivity index (χ3v) is 9.81. The number of rotatable bonds is 7. The maximum absolute atomic E-state index is 13.2. The van der Waals surface area contributed by atoms with Crippen LogP contribution >= 0.6 is 0 Å². The van der Waals surface area contributed by atoms with Crippen LogP contribution in [-0.4, -0.2) is 120 Å². The van der Waals surface area contributed by atoms with Crippen molar-refractivity contribution in [1.82, 2.24) is 24.7 Å². The molecule has 4 saturated heterocycles. The largest absolute Gasteiger partial charge is 0.442 e. The van der Waals surface area contributed by atoms with Crippen molar-refractivity contribution in [2.45, 2.75) is 90.2 Å². The fourth-order valence-corrected chi connectivity index (χ4v) is 7.30. The summed E-state index contributed by atoms with van der Waals surface area (Å²) >= 11 is 0. The van der Waals surface area contributed by atoms with Gasteiger partial charge in [0, 0.05) is 77.3 Å². The predicted octanol–water partition coefficient (Wildman–Crippen LogP) is 3.72. The van der Waals surface area contributed by atoms with Gasteiger partial charge in [-0.15, -0.1) is 0 Å². The summed E-state index contributed by atoms with van der Waals surface area (Å²) in [4.78, 5) is 41.5. The van der Waals surface area contributed by atoms with Gasteiger partial charge < -0.3 is 19.3 Å². The van der Waals surface area contributed by atoms with Gasteiger partial charge in [0.1, 0.15) is 11.9 Å². The number of hydrogen-bond donors (Lipinski definition) is 1. The van der Waals surface area contributed by atoms with E-state index in [0.29, 0.717) is 29.7 Å². The third kappa shape index (κ3) is 9.11. The fourth-order valence-electron chi connectivity index (χ4n) is 7.30. The first-order valence-electron chi connectivity index (χ1n) is 16.2. The first kappa shape index (κ1) is 34.5. The number of unbranched alkanes of at least 4 members (excludes halogenated alkanes) is 1. The van der Waals surface area contributed by atoms with E-state index in [4.69, 9.17) is 14.0 Å². The molecule has 5 heterocycles. The van der Waals surface area contributed by atoms with Crippen LogP contribution in [0.5, 0.6) is 0 Å². The van der Waals surface area contributed by atoms with E-state index in [-0.39, 0.29) is 17.6 Å². The minimum atomic E-state index is -3.67. The lowest BCUT2D eigenvalue weighted by Crippen LogP contribution is -2.61. The molecule has 1 unspecified atom stereocenters. The highest BCUT2D eigenvalue weighted by atomic mass is 32.2. The summed E-state index contributed by atoms with van der Waals surface area (Å²) in [6.07, 6.45) is 11.4. The van der Waals surface area contributed by atoms with Crippen LogP contribution in [0.4, 0.5) is 4.79 Å². The molecule has 248 valence electrons. The van der Waals surface area contributed by atoms with Crippen molar-refractivity contribution in [3.63, 3.8) is 0 Å². The number of likely N-dealkylation sites (tertiary alicyclic amines) is 2. The average molecular weight is 638 g/mol. The predicted molar refractivity (Wildman–Crippen MR) is 166 cm³/mol. The molecule has 0 aliphatic carbocycles. The first-order chi connectivity index (χ1) is 20.9. The lowest BCUT2D eigenvalue weighted by molar-refractivity contribution is -0.128. The topological polar surface area (TPSA) is 142 Å². The van der Waals surface area contributed by atoms with Crippen LogP contribution in [0.1, 0.15) is 86.5 Å². The zero-order chi connectivity index (χ0) is 31.9. The van der Waals surface area contributed by atoms with Crippen molar-refractivity contribution in [1.29, 1.82) is 0 Å². The van der Waals surface area contributed by atoms with Crippen molar-refractivity contribution in [2.75, 3.05) is 58.7 Å². The van der Waals surface area contributed by atoms with Gasteiger partial charge in [-0.2, -0.15) is 8.42 Å². The summed E-state index contributed by atoms with van der Waals surface area (Å²) < 4.78 is 37.8. The van der Waals surface area contributed by atoms with E-state index in [9.17, 15) is 18.0 Å². The number of aryl methyl sites for hydroxylation is 2. The van der Waals surface area contributed by atoms with E-state index < -0.39 is 10.1 Å². The summed E-state index contributed by atoms with van der Waals surface area (Å²) in [6.45, 7) is 12.7. The smallest absolute Gasteiger partial charge is 0.410 e. The monoisotopic (exact) mass is 637 g/mol. The number of amides is 2. The summed E-state index contributed by atoms with van der Waals surface area (Å²) in [5.74, 6) is 0.977. The Bertz CT molecular complexity index is 1200. The van der Waals surface area contributed by atoms with Crippen molar-refractivity contribution >= 4 is 22.1 Å². The summed E-state index contributed by atoms with van der Waals surface area (Å²) in [5, 5.41) is 0. The van der Waals surface area contributed by atoms with Gasteiger partial charge in [-0.05, 0) is 51.9 Å². The third-order valence-electron chi connectivity index (χ3n) is 9.81. The second-order valence-electron chi connectivity index (χ2n) is 12.9. The van der Waals surface area contributed by atoms with Gasteiger partial charge in [0.15, 0.2) is 0 Å². The molecule has 0 radical (unpaired) electrons. The molecule has 13 heteroatoms. The first-order valence-corrected chi connectivity index (χ1v) is 18.0. The molecule has 4 aliphatic rings. The Kier molecular flexibility index (Phi) is 12.0. The molecule has 1 aromatic heterocycles. The Morgan fingerprint density at radius 1 is 1.05 bits per heavy atom. The lowest BCUT2D eigenvalue weighted by atomic mass is 9.75. The van der Waals surface area contributed by atoms with Crippen LogP contribution < -0.4 is 0 Å². The highest BCUT2D eigenvalue weighted by Gasteiger charge is 2.50. The summed E-state index contributed by atoms with van der Waals surface area (Å²) in [5.41, 5.74) is 1.83. The van der Waals surface area contributed by atoms with Crippen LogP contribution in [-0.2, 0) is 19.6 Å². The maximum Gasteiger partial charge on any atom is 0.410 e. The zero-order valence-electron chi connectivity index (χ0n) is 26.9. The molecular weight excluding hydrogens is 586 g/mol. The van der Waals surface area contributed by atoms with Crippen LogP contribution in [0.15, 0.2) is 6.33 Å². The maximum atomic E-state index is 13.2. The number of piperidine rings is 2. The number of carbonyl (C=O) groups excluding carboxylic acids is 2. The highest BCUT2D eigenvalue weighted by molar-refractivity contribution is 7.85. The van der Waals surface area contributed by atoms with E-state index in [1.165, 1.54) is 12.7 Å². The van der Waals surface area contributed by atoms with Gasteiger partial charge in [0.25, 0.3) is 16.0 Å². The summed E-state index contributed by atoms with van der Waals surface area (Å²) in [7, 11) is -3.67. The quantitative estimate of drug-likeness (QED) is 0.440. The van der Waals surface area contributed by atoms with Gasteiger partial charge in [0.05, 0.1) is 23.2 Å². The molecule has 1 spiro atoms. The molecule has 1 atom stereocenters. The van der Waals surface area contributed by atoms with E-state index in [0.717, 1.165) is 115 Å². The van der Waals surface area contributed by atoms with Crippen LogP contribution in [0.2, 0.25) is 0 Å². The van der Waals surface area contributed by atoms with E-state index in [1.54, 1.807) is 0 Å². The van der Waals surface area contributed by atoms with Gasteiger partial charge in [0.2, 0.25) is 0 Å². The van der Waals surface area contributed by atoms with E-state index in [2.05, 4.69) is 21.8 Å². The van der Waals surface area contributed by atoms with Crippen molar-refractivity contribution < 1.29 is 32.0 Å². The van der Waals surface area contributed by atoms with Gasteiger partial charge >= 0.3 is 6.09 Å². The molecule has 44 heavy (non-hydrogen) atoms. The Labute approximate surface area is 262 Å². The van der Waals surface area contributed by atoms with Crippen LogP contribution in [0.3, 0.4) is 0 Å². The lowest BCUT2D eigenvalue weighted by Gasteiger charge is -2.52. The summed E-state index contributed by atoms with van der Waals surface area (Å²) in [6, 6.07) is 0.471. The standard InChI is InChI=1S/C30H47N5O4.CH4O3S/c1-4-5-6-25-20-35(19-24-9-17-38-18-10-24)29(37)39-30(25)11-15-33(16-12-30)26-7-13-34(14-8-26)28(36)27-22(2)31-21-32-23(27)3;1-5(2,3)4/h21,24-26H,4-20H2,1-3H3;1H3,(H,2,3,4). The molecule has 0 aromatic carbocycles. The molecule has 4 fully saturated rings. The van der Waals surface area contributed by atoms with Crippen molar-refractivity contribution in [3.05, 3.63) is 23.3 Å². The molecule has 4 aliphatic heterocycles. The Balaban J connectivity index is 0.000000818. The van der Waals surface area contributed by atoms with Gasteiger partial charge in [-0.3, -0.25) is 14.2 Å². The van der Waals surface area contributed by atoms with Crippen LogP contribution in [0, 0.1) is 25.7 Å².